The van der Waals surface area contributed by atoms with Crippen molar-refractivity contribution in [2.24, 2.45) is 15.3 Å². The van der Waals surface area contributed by atoms with E-state index in [4.69, 9.17) is 12.2 Å². The zero-order valence-electron chi connectivity index (χ0n) is 9.90. The molecule has 0 bridgehead atoms. The molecule has 0 aromatic carbocycles. The molecule has 0 radical (unpaired) electrons. The van der Waals surface area contributed by atoms with Gasteiger partial charge in [0.05, 0.1) is 11.9 Å². The summed E-state index contributed by atoms with van der Waals surface area (Å²) >= 11 is 5.17. The molecule has 16 heavy (non-hydrogen) atoms. The van der Waals surface area contributed by atoms with Crippen LogP contribution in [0.5, 0.6) is 0 Å². The minimum atomic E-state index is 0.637. The SMILES string of the molecule is CCN(CC)C(=S)N/N=C/C1=NN=C(C)C1. The Morgan fingerprint density at radius 1 is 1.50 bits per heavy atom. The maximum absolute atomic E-state index is 5.17. The van der Waals surface area contributed by atoms with Crippen LogP contribution >= 0.6 is 12.2 Å². The molecular weight excluding hydrogens is 222 g/mol. The van der Waals surface area contributed by atoms with E-state index < -0.39 is 0 Å². The van der Waals surface area contributed by atoms with Crippen LogP contribution in [0, 0.1) is 0 Å². The maximum atomic E-state index is 5.17. The van der Waals surface area contributed by atoms with Crippen LogP contribution in [0.15, 0.2) is 15.3 Å². The van der Waals surface area contributed by atoms with Crippen molar-refractivity contribution in [1.82, 2.24) is 10.3 Å². The molecule has 0 aromatic rings. The van der Waals surface area contributed by atoms with E-state index in [1.54, 1.807) is 6.21 Å². The standard InChI is InChI=1S/C10H17N5S/c1-4-15(5-2)10(16)14-11-7-9-6-8(3)12-13-9/h7H,4-6H2,1-3H3,(H,14,16)/b11-7+. The lowest BCUT2D eigenvalue weighted by atomic mass is 10.2. The van der Waals surface area contributed by atoms with E-state index in [0.717, 1.165) is 30.9 Å². The summed E-state index contributed by atoms with van der Waals surface area (Å²) in [5.41, 5.74) is 4.68. The van der Waals surface area contributed by atoms with E-state index in [1.807, 2.05) is 11.8 Å². The van der Waals surface area contributed by atoms with Crippen molar-refractivity contribution in [3.05, 3.63) is 0 Å². The summed E-state index contributed by atoms with van der Waals surface area (Å²) in [6.07, 6.45) is 2.43. The van der Waals surface area contributed by atoms with Gasteiger partial charge in [-0.2, -0.15) is 15.3 Å². The first kappa shape index (κ1) is 12.8. The fourth-order valence-corrected chi connectivity index (χ4v) is 1.61. The average molecular weight is 239 g/mol. The summed E-state index contributed by atoms with van der Waals surface area (Å²) in [4.78, 5) is 2.02. The molecule has 1 aliphatic rings. The van der Waals surface area contributed by atoms with Gasteiger partial charge >= 0.3 is 0 Å². The van der Waals surface area contributed by atoms with Gasteiger partial charge in [-0.1, -0.05) is 0 Å². The van der Waals surface area contributed by atoms with Gasteiger partial charge in [-0.05, 0) is 33.0 Å². The number of nitrogens with one attached hydrogen (secondary N) is 1. The Hall–Kier alpha value is -1.30. The Labute approximate surface area is 101 Å². The van der Waals surface area contributed by atoms with Crippen molar-refractivity contribution >= 4 is 35.0 Å². The molecule has 1 aliphatic heterocycles. The largest absolute Gasteiger partial charge is 0.348 e. The highest BCUT2D eigenvalue weighted by Crippen LogP contribution is 1.99. The Morgan fingerprint density at radius 3 is 2.69 bits per heavy atom. The molecule has 6 heteroatoms. The molecule has 0 saturated carbocycles. The Balaban J connectivity index is 2.35. The second kappa shape index (κ2) is 6.32. The van der Waals surface area contributed by atoms with Crippen LogP contribution in [0.3, 0.4) is 0 Å². The summed E-state index contributed by atoms with van der Waals surface area (Å²) in [6, 6.07) is 0. The Morgan fingerprint density at radius 2 is 2.19 bits per heavy atom. The lowest BCUT2D eigenvalue weighted by Gasteiger charge is -2.20. The first-order valence-electron chi connectivity index (χ1n) is 5.35. The zero-order chi connectivity index (χ0) is 12.0. The normalized spacial score (nSPS) is 14.9. The van der Waals surface area contributed by atoms with Crippen LogP contribution in [-0.2, 0) is 0 Å². The summed E-state index contributed by atoms with van der Waals surface area (Å²) in [5, 5.41) is 12.6. The summed E-state index contributed by atoms with van der Waals surface area (Å²) in [6.45, 7) is 7.80. The van der Waals surface area contributed by atoms with Gasteiger partial charge in [0.15, 0.2) is 5.11 Å². The van der Waals surface area contributed by atoms with Gasteiger partial charge in [-0.15, -0.1) is 0 Å². The quantitative estimate of drug-likeness (QED) is 0.458. The summed E-state index contributed by atoms with van der Waals surface area (Å²) in [7, 11) is 0. The predicted molar refractivity (Wildman–Crippen MR) is 72.3 cm³/mol. The minimum Gasteiger partial charge on any atom is -0.348 e. The van der Waals surface area contributed by atoms with Crippen molar-refractivity contribution < 1.29 is 0 Å². The lowest BCUT2D eigenvalue weighted by molar-refractivity contribution is 0.458. The highest BCUT2D eigenvalue weighted by atomic mass is 32.1. The molecule has 0 aliphatic carbocycles. The fourth-order valence-electron chi connectivity index (χ4n) is 1.30. The molecule has 0 saturated heterocycles. The van der Waals surface area contributed by atoms with Crippen molar-refractivity contribution in [1.29, 1.82) is 0 Å². The summed E-state index contributed by atoms with van der Waals surface area (Å²) < 4.78 is 0. The number of hydrogen-bond donors (Lipinski definition) is 1. The van der Waals surface area contributed by atoms with E-state index in [0.29, 0.717) is 5.11 Å². The van der Waals surface area contributed by atoms with Crippen LogP contribution in [0.1, 0.15) is 27.2 Å². The van der Waals surface area contributed by atoms with Crippen LogP contribution in [0.4, 0.5) is 0 Å². The van der Waals surface area contributed by atoms with Crippen molar-refractivity contribution in [2.45, 2.75) is 27.2 Å². The molecule has 1 rings (SSSR count). The third-order valence-electron chi connectivity index (χ3n) is 2.21. The molecular formula is C10H17N5S. The van der Waals surface area contributed by atoms with E-state index >= 15 is 0 Å². The van der Waals surface area contributed by atoms with Crippen molar-refractivity contribution in [3.8, 4) is 0 Å². The molecule has 88 valence electrons. The molecule has 0 aromatic heterocycles. The topological polar surface area (TPSA) is 52.3 Å². The minimum absolute atomic E-state index is 0.637. The molecule has 1 N–H and O–H groups in total. The molecule has 0 atom stereocenters. The molecule has 0 amide bonds. The van der Waals surface area contributed by atoms with Gasteiger partial charge in [-0.3, -0.25) is 5.43 Å². The van der Waals surface area contributed by atoms with Crippen LogP contribution in [0.25, 0.3) is 0 Å². The first-order valence-corrected chi connectivity index (χ1v) is 5.76. The van der Waals surface area contributed by atoms with Gasteiger partial charge in [0, 0.05) is 25.2 Å². The second-order valence-corrected chi connectivity index (χ2v) is 3.84. The molecule has 5 nitrogen and oxygen atoms in total. The highest BCUT2D eigenvalue weighted by molar-refractivity contribution is 7.80. The Kier molecular flexibility index (Phi) is 5.04. The van der Waals surface area contributed by atoms with Crippen LogP contribution in [-0.4, -0.2) is 40.7 Å². The van der Waals surface area contributed by atoms with E-state index in [1.165, 1.54) is 0 Å². The van der Waals surface area contributed by atoms with Crippen LogP contribution < -0.4 is 5.43 Å². The third kappa shape index (κ3) is 3.69. The molecule has 0 unspecified atom stereocenters. The third-order valence-corrected chi connectivity index (χ3v) is 2.56. The second-order valence-electron chi connectivity index (χ2n) is 3.45. The average Bonchev–Trinajstić information content (AvgIpc) is 2.66. The van der Waals surface area contributed by atoms with Gasteiger partial charge in [0.25, 0.3) is 0 Å². The van der Waals surface area contributed by atoms with Gasteiger partial charge in [0.2, 0.25) is 0 Å². The molecule has 0 fully saturated rings. The number of thiocarbonyl (C=S) groups is 1. The molecule has 0 spiro atoms. The monoisotopic (exact) mass is 239 g/mol. The Bertz CT molecular complexity index is 341. The number of hydrazone groups is 1. The first-order chi connectivity index (χ1) is 7.67. The van der Waals surface area contributed by atoms with Gasteiger partial charge in [0.1, 0.15) is 0 Å². The zero-order valence-corrected chi connectivity index (χ0v) is 10.7. The summed E-state index contributed by atoms with van der Waals surface area (Å²) in [5.74, 6) is 0. The van der Waals surface area contributed by atoms with Gasteiger partial charge < -0.3 is 4.90 Å². The van der Waals surface area contributed by atoms with Gasteiger partial charge in [-0.25, -0.2) is 0 Å². The smallest absolute Gasteiger partial charge is 0.189 e. The van der Waals surface area contributed by atoms with E-state index in [9.17, 15) is 0 Å². The van der Waals surface area contributed by atoms with Crippen LogP contribution in [0.2, 0.25) is 0 Å². The van der Waals surface area contributed by atoms with Crippen molar-refractivity contribution in [2.75, 3.05) is 13.1 Å². The number of nitrogens with zero attached hydrogens (tertiary/aromatic N) is 4. The number of rotatable bonds is 4. The fraction of sp³-hybridized carbons (Fsp3) is 0.600. The van der Waals surface area contributed by atoms with Crippen molar-refractivity contribution in [3.63, 3.8) is 0 Å². The van der Waals surface area contributed by atoms with E-state index in [-0.39, 0.29) is 0 Å². The lowest BCUT2D eigenvalue weighted by Crippen LogP contribution is -2.37. The number of hydrogen-bond acceptors (Lipinski definition) is 4. The predicted octanol–water partition coefficient (Wildman–Crippen LogP) is 1.41. The maximum Gasteiger partial charge on any atom is 0.189 e. The highest BCUT2D eigenvalue weighted by Gasteiger charge is 2.06. The van der Waals surface area contributed by atoms with E-state index in [2.05, 4.69) is 34.6 Å². The molecule has 1 heterocycles.